The van der Waals surface area contributed by atoms with Gasteiger partial charge in [-0.15, -0.1) is 11.8 Å². The number of amides is 5. The molecule has 0 aromatic heterocycles. The number of unbranched alkanes of at least 4 members (excludes halogenated alkanes) is 7. The first-order valence-electron chi connectivity index (χ1n) is 31.5. The number of carboxylic acids is 9. The quantitative estimate of drug-likeness (QED) is 0.0207. The Morgan fingerprint density at radius 3 is 1.30 bits per heavy atom. The van der Waals surface area contributed by atoms with Gasteiger partial charge in [0.25, 0.3) is 0 Å². The number of rotatable bonds is 63. The average molecular weight is 1450 g/mol. The highest BCUT2D eigenvalue weighted by molar-refractivity contribution is 8.00. The summed E-state index contributed by atoms with van der Waals surface area (Å²) in [4.78, 5) is 196. The molecular formula is C58H94N7O31PS. The van der Waals surface area contributed by atoms with E-state index in [9.17, 15) is 127 Å². The number of likely N-dealkylation sites (tertiary alicyclic amines) is 1. The molecule has 1 fully saturated rings. The summed E-state index contributed by atoms with van der Waals surface area (Å²) >= 11 is 1.25. The molecule has 38 nitrogen and oxygen atoms in total. The van der Waals surface area contributed by atoms with Crippen LogP contribution in [0, 0.1) is 0 Å². The van der Waals surface area contributed by atoms with Crippen LogP contribution in [0.15, 0.2) is 0 Å². The van der Waals surface area contributed by atoms with E-state index in [1.807, 2.05) is 0 Å². The molecule has 5 unspecified atom stereocenters. The fourth-order valence-corrected chi connectivity index (χ4v) is 11.6. The van der Waals surface area contributed by atoms with E-state index < -0.39 is 186 Å². The summed E-state index contributed by atoms with van der Waals surface area (Å²) in [7, 11) is -3.07. The first-order valence-corrected chi connectivity index (χ1v) is 34.1. The minimum atomic E-state index is -4.11. The number of carboxylic acid groups (broad SMARTS) is 9. The highest BCUT2D eigenvalue weighted by atomic mass is 32.2. The van der Waals surface area contributed by atoms with Crippen molar-refractivity contribution < 1.29 is 151 Å². The van der Waals surface area contributed by atoms with Gasteiger partial charge in [0.2, 0.25) is 29.5 Å². The van der Waals surface area contributed by atoms with Gasteiger partial charge in [-0.2, -0.15) is 0 Å². The first-order chi connectivity index (χ1) is 46.2. The molecule has 558 valence electrons. The maximum Gasteiger partial charge on any atom is 0.471 e. The molecule has 0 aliphatic carbocycles. The van der Waals surface area contributed by atoms with Crippen molar-refractivity contribution in [2.24, 2.45) is 0 Å². The van der Waals surface area contributed by atoms with Crippen molar-refractivity contribution in [2.45, 2.75) is 157 Å². The molecule has 5 atom stereocenters. The van der Waals surface area contributed by atoms with Crippen LogP contribution in [0.5, 0.6) is 0 Å². The van der Waals surface area contributed by atoms with Crippen molar-refractivity contribution in [1.29, 1.82) is 0 Å². The van der Waals surface area contributed by atoms with Crippen LogP contribution in [0.25, 0.3) is 0 Å². The molecule has 1 saturated heterocycles. The molecule has 0 saturated carbocycles. The van der Waals surface area contributed by atoms with E-state index in [4.69, 9.17) is 18.7 Å². The lowest BCUT2D eigenvalue weighted by Crippen LogP contribution is -2.59. The Morgan fingerprint density at radius 1 is 0.510 bits per heavy atom. The lowest BCUT2D eigenvalue weighted by atomic mass is 10.0. The van der Waals surface area contributed by atoms with Crippen LogP contribution in [-0.2, 0) is 99.7 Å². The van der Waals surface area contributed by atoms with Gasteiger partial charge in [0.1, 0.15) is 29.4 Å². The number of imide groups is 1. The minimum absolute atomic E-state index is 0.00399. The molecule has 0 radical (unpaired) electrons. The fraction of sp³-hybridized carbons (Fsp3) is 0.741. The van der Waals surface area contributed by atoms with Crippen molar-refractivity contribution in [3.8, 4) is 0 Å². The number of ether oxygens (including phenoxy) is 3. The average Bonchev–Trinajstić information content (AvgIpc) is 1.66. The van der Waals surface area contributed by atoms with Crippen LogP contribution in [-0.4, -0.2) is 306 Å². The third kappa shape index (κ3) is 40.5. The van der Waals surface area contributed by atoms with Crippen LogP contribution >= 0.6 is 19.6 Å². The number of nitrogens with zero attached hydrogens (tertiary/aromatic N) is 4. The Hall–Kier alpha value is -7.33. The topological polar surface area (TPSA) is 571 Å². The van der Waals surface area contributed by atoms with Gasteiger partial charge >= 0.3 is 61.5 Å². The number of thioether (sulfide) groups is 1. The van der Waals surface area contributed by atoms with Crippen molar-refractivity contribution in [2.75, 3.05) is 118 Å². The molecule has 0 bridgehead atoms. The zero-order valence-electron chi connectivity index (χ0n) is 54.7. The van der Waals surface area contributed by atoms with Crippen molar-refractivity contribution >= 4 is 109 Å². The Balaban J connectivity index is 3.34. The standard InChI is InChI=1S/C58H94N7O31PS/c1-92-97(90,91)96-24-11-2-3-12-28-98-43-29-47(70)65(54(43)83)23-17-46(69)61-58(36-93-25-18-39(66)13-5-4-6-14-40(55(84)85)62(30-48(71)72)31-49(73)74,37-94-26-19-44(67)59-21-9-7-15-41(56(86)87)63(32-50(75)76)33-51(77)78)38-95-27-20-45(68)60-22-10-8-16-42(57(88)89)64(34-52(79)80)35-53(81)82/h40-43H,2-38H2,1H3,(H,59,67)(H,60,68)(H,61,69)(H,71,72)(H,73,74)(H,75,76)(H,77,78)(H,79,80)(H,81,82)(H,84,85)(H,86,87)(H,88,89)(H,90,91). The molecule has 1 aliphatic heterocycles. The smallest absolute Gasteiger partial charge is 0.471 e. The minimum Gasteiger partial charge on any atom is -0.480 e. The molecule has 0 aromatic rings. The summed E-state index contributed by atoms with van der Waals surface area (Å²) in [5, 5.41) is 91.6. The van der Waals surface area contributed by atoms with Crippen LogP contribution in [0.3, 0.4) is 0 Å². The van der Waals surface area contributed by atoms with E-state index in [1.54, 1.807) is 0 Å². The molecule has 0 aromatic carbocycles. The summed E-state index contributed by atoms with van der Waals surface area (Å²) in [5.41, 5.74) is -1.72. The number of phosphoric acid groups is 1. The molecule has 1 aliphatic rings. The van der Waals surface area contributed by atoms with Gasteiger partial charge in [0.15, 0.2) is 0 Å². The monoisotopic (exact) mass is 1450 g/mol. The lowest BCUT2D eigenvalue weighted by molar-refractivity contribution is -0.152. The molecule has 1 rings (SSSR count). The summed E-state index contributed by atoms with van der Waals surface area (Å²) in [6.07, 6.45) is 1.87. The number of carbonyl (C=O) groups excluding carboxylic acids is 6. The summed E-state index contributed by atoms with van der Waals surface area (Å²) < 4.78 is 38.5. The molecule has 1 heterocycles. The molecule has 5 amide bonds. The second kappa shape index (κ2) is 49.2. The second-order valence-corrected chi connectivity index (χ2v) is 25.7. The van der Waals surface area contributed by atoms with E-state index >= 15 is 0 Å². The summed E-state index contributed by atoms with van der Waals surface area (Å²) in [6.45, 7) is -7.87. The van der Waals surface area contributed by atoms with Gasteiger partial charge in [-0.25, -0.2) is 4.57 Å². The second-order valence-electron chi connectivity index (χ2n) is 22.8. The predicted molar refractivity (Wildman–Crippen MR) is 337 cm³/mol. The highest BCUT2D eigenvalue weighted by Crippen LogP contribution is 2.42. The third-order valence-electron chi connectivity index (χ3n) is 14.7. The zero-order valence-corrected chi connectivity index (χ0v) is 56.4. The summed E-state index contributed by atoms with van der Waals surface area (Å²) in [5.74, 6) is -15.8. The highest BCUT2D eigenvalue weighted by Gasteiger charge is 2.40. The number of nitrogens with one attached hydrogen (secondary N) is 3. The normalized spacial score (nSPS) is 15.2. The Kier molecular flexibility index (Phi) is 44.5. The zero-order chi connectivity index (χ0) is 73.8. The van der Waals surface area contributed by atoms with Gasteiger partial charge < -0.3 is 81.0 Å². The van der Waals surface area contributed by atoms with Crippen molar-refractivity contribution in [1.82, 2.24) is 35.6 Å². The number of ketones is 1. The molecule has 0 spiro atoms. The van der Waals surface area contributed by atoms with E-state index in [-0.39, 0.29) is 142 Å². The SMILES string of the molecule is COP(=O)(O)OCCCCCCSC1CC(=O)N(CCC(=O)NC(COCCC(=O)CCCCCC(C(=O)O)N(CC(=O)O)CC(=O)O)(COCCC(=O)NCCCCC(C(=O)O)N(CC(=O)O)CC(=O)O)COCCC(=O)NCCCCC(C(=O)O)N(CC(=O)O)CC(=O)O)C1=O. The van der Waals surface area contributed by atoms with Gasteiger partial charge in [-0.05, 0) is 70.0 Å². The predicted octanol–water partition coefficient (Wildman–Crippen LogP) is -0.498. The first kappa shape index (κ1) is 88.7. The molecule has 40 heteroatoms. The molecule has 98 heavy (non-hydrogen) atoms. The maximum atomic E-state index is 14.0. The molecular weight excluding hydrogens is 1350 g/mol. The van der Waals surface area contributed by atoms with E-state index in [0.717, 1.165) is 26.7 Å². The Bertz CT molecular complexity index is 2440. The maximum absolute atomic E-state index is 14.0. The van der Waals surface area contributed by atoms with Crippen molar-refractivity contribution in [3.63, 3.8) is 0 Å². The van der Waals surface area contributed by atoms with Gasteiger partial charge in [0, 0.05) is 65.3 Å². The number of hydrogen-bond donors (Lipinski definition) is 13. The van der Waals surface area contributed by atoms with Gasteiger partial charge in [-0.3, -0.25) is 101 Å². The number of hydrogen-bond acceptors (Lipinski definition) is 25. The van der Waals surface area contributed by atoms with Crippen molar-refractivity contribution in [3.05, 3.63) is 0 Å². The van der Waals surface area contributed by atoms with E-state index in [0.29, 0.717) is 37.9 Å². The molecule has 13 N–H and O–H groups in total. The number of phosphoric ester groups is 1. The van der Waals surface area contributed by atoms with Crippen LogP contribution in [0.1, 0.15) is 128 Å². The van der Waals surface area contributed by atoms with Crippen LogP contribution in [0.4, 0.5) is 0 Å². The number of carbonyl (C=O) groups is 15. The largest absolute Gasteiger partial charge is 0.480 e. The van der Waals surface area contributed by atoms with Crippen LogP contribution < -0.4 is 16.0 Å². The fourth-order valence-electron chi connectivity index (χ4n) is 9.93. The number of aliphatic carboxylic acids is 9. The Morgan fingerprint density at radius 2 is 0.898 bits per heavy atom. The third-order valence-corrected chi connectivity index (χ3v) is 17.0. The lowest BCUT2D eigenvalue weighted by Gasteiger charge is -2.34. The van der Waals surface area contributed by atoms with Gasteiger partial charge in [-0.1, -0.05) is 25.7 Å². The Labute approximate surface area is 568 Å². The van der Waals surface area contributed by atoms with E-state index in [2.05, 4.69) is 20.5 Å². The van der Waals surface area contributed by atoms with Gasteiger partial charge in [0.05, 0.1) is 90.8 Å². The van der Waals surface area contributed by atoms with E-state index in [1.165, 1.54) is 11.8 Å². The number of Topliss-reactive ketones (excluding diaryl/α,β-unsaturated/α-hetero) is 1. The van der Waals surface area contributed by atoms with Crippen LogP contribution in [0.2, 0.25) is 0 Å². The summed E-state index contributed by atoms with van der Waals surface area (Å²) in [6, 6.07) is -4.36.